The van der Waals surface area contributed by atoms with E-state index in [-0.39, 0.29) is 13.2 Å². The van der Waals surface area contributed by atoms with Crippen LogP contribution in [0.3, 0.4) is 0 Å². The summed E-state index contributed by atoms with van der Waals surface area (Å²) < 4.78 is 15.8. The van der Waals surface area contributed by atoms with E-state index in [9.17, 15) is 4.79 Å². The van der Waals surface area contributed by atoms with Crippen LogP contribution in [0.2, 0.25) is 0 Å². The van der Waals surface area contributed by atoms with Gasteiger partial charge < -0.3 is 14.2 Å². The van der Waals surface area contributed by atoms with Gasteiger partial charge in [-0.25, -0.2) is 4.79 Å². The van der Waals surface area contributed by atoms with Crippen LogP contribution in [0.5, 0.6) is 11.5 Å². The summed E-state index contributed by atoms with van der Waals surface area (Å²) in [5, 5.41) is 0. The average Bonchev–Trinajstić information content (AvgIpc) is 2.70. The SMILES string of the molecule is CCN(CC)Cc1ccc(COC(=O)COc2cccc(OC)c2)cc1. The van der Waals surface area contributed by atoms with E-state index in [1.165, 1.54) is 5.56 Å². The molecule has 0 unspecified atom stereocenters. The van der Waals surface area contributed by atoms with Gasteiger partial charge in [-0.3, -0.25) is 4.90 Å². The minimum Gasteiger partial charge on any atom is -0.497 e. The molecule has 0 N–H and O–H groups in total. The van der Waals surface area contributed by atoms with Crippen LogP contribution in [0.1, 0.15) is 25.0 Å². The fourth-order valence-electron chi connectivity index (χ4n) is 2.49. The predicted molar refractivity (Wildman–Crippen MR) is 101 cm³/mol. The summed E-state index contributed by atoms with van der Waals surface area (Å²) in [6.45, 7) is 7.42. The molecule has 0 saturated carbocycles. The normalized spacial score (nSPS) is 10.6. The molecule has 26 heavy (non-hydrogen) atoms. The Kier molecular flexibility index (Phi) is 7.96. The van der Waals surface area contributed by atoms with Crippen molar-refractivity contribution in [1.29, 1.82) is 0 Å². The Morgan fingerprint density at radius 1 is 0.962 bits per heavy atom. The third-order valence-corrected chi connectivity index (χ3v) is 4.12. The van der Waals surface area contributed by atoms with E-state index in [1.807, 2.05) is 18.2 Å². The maximum Gasteiger partial charge on any atom is 0.344 e. The summed E-state index contributed by atoms with van der Waals surface area (Å²) in [6.07, 6.45) is 0. The second-order valence-electron chi connectivity index (χ2n) is 5.91. The van der Waals surface area contributed by atoms with E-state index in [0.29, 0.717) is 11.5 Å². The molecule has 0 radical (unpaired) electrons. The second-order valence-corrected chi connectivity index (χ2v) is 5.91. The molecule has 0 amide bonds. The highest BCUT2D eigenvalue weighted by Crippen LogP contribution is 2.18. The van der Waals surface area contributed by atoms with Gasteiger partial charge in [0, 0.05) is 12.6 Å². The molecular weight excluding hydrogens is 330 g/mol. The first-order valence-corrected chi connectivity index (χ1v) is 8.87. The van der Waals surface area contributed by atoms with E-state index in [1.54, 1.807) is 25.3 Å². The summed E-state index contributed by atoms with van der Waals surface area (Å²) in [6, 6.07) is 15.3. The fourth-order valence-corrected chi connectivity index (χ4v) is 2.49. The third-order valence-electron chi connectivity index (χ3n) is 4.12. The van der Waals surface area contributed by atoms with Crippen molar-refractivity contribution in [1.82, 2.24) is 4.90 Å². The lowest BCUT2D eigenvalue weighted by atomic mass is 10.1. The van der Waals surface area contributed by atoms with Crippen LogP contribution < -0.4 is 9.47 Å². The van der Waals surface area contributed by atoms with Crippen molar-refractivity contribution >= 4 is 5.97 Å². The standard InChI is InChI=1S/C21H27NO4/c1-4-22(5-2)14-17-9-11-18(12-10-17)15-26-21(23)16-25-20-8-6-7-19(13-20)24-3/h6-13H,4-5,14-16H2,1-3H3. The van der Waals surface area contributed by atoms with Crippen LogP contribution in [0.15, 0.2) is 48.5 Å². The van der Waals surface area contributed by atoms with Gasteiger partial charge >= 0.3 is 5.97 Å². The van der Waals surface area contributed by atoms with Gasteiger partial charge in [-0.1, -0.05) is 44.2 Å². The Bertz CT molecular complexity index is 681. The molecule has 0 heterocycles. The topological polar surface area (TPSA) is 48.0 Å². The molecule has 2 rings (SSSR count). The maximum atomic E-state index is 11.8. The van der Waals surface area contributed by atoms with Crippen LogP contribution in [-0.4, -0.2) is 37.7 Å². The number of hydrogen-bond acceptors (Lipinski definition) is 5. The summed E-state index contributed by atoms with van der Waals surface area (Å²) in [5.74, 6) is 0.850. The Balaban J connectivity index is 1.76. The van der Waals surface area contributed by atoms with E-state index in [2.05, 4.69) is 30.9 Å². The monoisotopic (exact) mass is 357 g/mol. The molecule has 2 aromatic carbocycles. The van der Waals surface area contributed by atoms with Crippen LogP contribution in [0.25, 0.3) is 0 Å². The smallest absolute Gasteiger partial charge is 0.344 e. The van der Waals surface area contributed by atoms with Crippen LogP contribution in [-0.2, 0) is 22.7 Å². The van der Waals surface area contributed by atoms with Gasteiger partial charge in [0.1, 0.15) is 18.1 Å². The van der Waals surface area contributed by atoms with Crippen molar-refractivity contribution < 1.29 is 19.0 Å². The quantitative estimate of drug-likeness (QED) is 0.607. The van der Waals surface area contributed by atoms with Crippen LogP contribution in [0.4, 0.5) is 0 Å². The van der Waals surface area contributed by atoms with Gasteiger partial charge in [0.25, 0.3) is 0 Å². The highest BCUT2D eigenvalue weighted by molar-refractivity contribution is 5.71. The molecule has 0 aliphatic rings. The molecular formula is C21H27NO4. The van der Waals surface area contributed by atoms with Crippen molar-refractivity contribution in [3.05, 3.63) is 59.7 Å². The lowest BCUT2D eigenvalue weighted by Gasteiger charge is -2.18. The lowest BCUT2D eigenvalue weighted by molar-refractivity contribution is -0.147. The number of benzene rings is 2. The first-order chi connectivity index (χ1) is 12.6. The number of hydrogen-bond donors (Lipinski definition) is 0. The van der Waals surface area contributed by atoms with Crippen LogP contribution in [0, 0.1) is 0 Å². The maximum absolute atomic E-state index is 11.8. The number of rotatable bonds is 10. The molecule has 0 atom stereocenters. The predicted octanol–water partition coefficient (Wildman–Crippen LogP) is 3.66. The van der Waals surface area contributed by atoms with Crippen molar-refractivity contribution in [3.8, 4) is 11.5 Å². The van der Waals surface area contributed by atoms with E-state index in [0.717, 1.165) is 25.2 Å². The molecule has 140 valence electrons. The van der Waals surface area contributed by atoms with Gasteiger partial charge in [0.2, 0.25) is 0 Å². The summed E-state index contributed by atoms with van der Waals surface area (Å²) in [5.41, 5.74) is 2.22. The molecule has 5 heteroatoms. The van der Waals surface area contributed by atoms with Gasteiger partial charge in [0.15, 0.2) is 6.61 Å². The van der Waals surface area contributed by atoms with Gasteiger partial charge in [0.05, 0.1) is 7.11 Å². The van der Waals surface area contributed by atoms with E-state index < -0.39 is 5.97 Å². The molecule has 5 nitrogen and oxygen atoms in total. The number of carbonyl (C=O) groups is 1. The zero-order valence-electron chi connectivity index (χ0n) is 15.7. The Labute approximate surface area is 155 Å². The summed E-state index contributed by atoms with van der Waals surface area (Å²) >= 11 is 0. The number of nitrogens with zero attached hydrogens (tertiary/aromatic N) is 1. The minimum absolute atomic E-state index is 0.132. The molecule has 0 bridgehead atoms. The average molecular weight is 357 g/mol. The van der Waals surface area contributed by atoms with Crippen molar-refractivity contribution in [3.63, 3.8) is 0 Å². The Morgan fingerprint density at radius 3 is 2.27 bits per heavy atom. The van der Waals surface area contributed by atoms with Crippen molar-refractivity contribution in [2.45, 2.75) is 27.0 Å². The number of methoxy groups -OCH3 is 1. The number of carbonyl (C=O) groups excluding carboxylic acids is 1. The zero-order chi connectivity index (χ0) is 18.8. The van der Waals surface area contributed by atoms with E-state index >= 15 is 0 Å². The molecule has 0 aromatic heterocycles. The summed E-state index contributed by atoms with van der Waals surface area (Å²) in [7, 11) is 1.58. The first kappa shape index (κ1) is 19.8. The number of esters is 1. The molecule has 0 aliphatic carbocycles. The molecule has 2 aromatic rings. The van der Waals surface area contributed by atoms with Gasteiger partial charge in [-0.2, -0.15) is 0 Å². The Hall–Kier alpha value is -2.53. The van der Waals surface area contributed by atoms with E-state index in [4.69, 9.17) is 14.2 Å². The largest absolute Gasteiger partial charge is 0.497 e. The van der Waals surface area contributed by atoms with Crippen molar-refractivity contribution in [2.24, 2.45) is 0 Å². The first-order valence-electron chi connectivity index (χ1n) is 8.87. The third kappa shape index (κ3) is 6.41. The zero-order valence-corrected chi connectivity index (χ0v) is 15.7. The minimum atomic E-state index is -0.403. The number of ether oxygens (including phenoxy) is 3. The molecule has 0 fully saturated rings. The lowest BCUT2D eigenvalue weighted by Crippen LogP contribution is -2.22. The molecule has 0 spiro atoms. The highest BCUT2D eigenvalue weighted by Gasteiger charge is 2.06. The summed E-state index contributed by atoms with van der Waals surface area (Å²) in [4.78, 5) is 14.2. The Morgan fingerprint density at radius 2 is 1.62 bits per heavy atom. The van der Waals surface area contributed by atoms with Gasteiger partial charge in [-0.05, 0) is 36.3 Å². The highest BCUT2D eigenvalue weighted by atomic mass is 16.6. The van der Waals surface area contributed by atoms with Crippen LogP contribution >= 0.6 is 0 Å². The molecule has 0 aliphatic heterocycles. The second kappa shape index (κ2) is 10.5. The van der Waals surface area contributed by atoms with Crippen molar-refractivity contribution in [2.75, 3.05) is 26.8 Å². The van der Waals surface area contributed by atoms with Gasteiger partial charge in [-0.15, -0.1) is 0 Å². The fraction of sp³-hybridized carbons (Fsp3) is 0.381. The molecule has 0 saturated heterocycles.